The van der Waals surface area contributed by atoms with Crippen molar-refractivity contribution in [3.05, 3.63) is 33.4 Å². The third-order valence-corrected chi connectivity index (χ3v) is 7.22. The molecular weight excluding hydrogens is 330 g/mol. The van der Waals surface area contributed by atoms with Gasteiger partial charge in [0.2, 0.25) is 5.03 Å². The molecule has 3 heterocycles. The van der Waals surface area contributed by atoms with Crippen LogP contribution in [0.4, 0.5) is 0 Å². The molecule has 1 aliphatic rings. The molecule has 0 N–H and O–H groups in total. The summed E-state index contributed by atoms with van der Waals surface area (Å²) in [6.45, 7) is 2.47. The van der Waals surface area contributed by atoms with Gasteiger partial charge < -0.3 is 4.57 Å². The van der Waals surface area contributed by atoms with Gasteiger partial charge in [0, 0.05) is 18.5 Å². The van der Waals surface area contributed by atoms with Crippen LogP contribution >= 0.6 is 22.9 Å². The van der Waals surface area contributed by atoms with Gasteiger partial charge in [0.05, 0.1) is 12.4 Å². The molecule has 2 aromatic rings. The molecule has 114 valence electrons. The maximum Gasteiger partial charge on any atom is 0.264 e. The molecule has 2 aromatic heterocycles. The van der Waals surface area contributed by atoms with Gasteiger partial charge in [0.15, 0.2) is 0 Å². The molecule has 0 bridgehead atoms. The number of halogens is 1. The summed E-state index contributed by atoms with van der Waals surface area (Å²) in [7, 11) is -2.00. The average molecular weight is 346 g/mol. The Hall–Kier alpha value is -0.890. The Labute approximate surface area is 133 Å². The molecule has 0 aliphatic carbocycles. The lowest BCUT2D eigenvalue weighted by Gasteiger charge is -2.33. The SMILES string of the molecule is CCC1c2ccsc2CCN1S(=O)(=O)c1ncn(C)c1Cl. The first-order chi connectivity index (χ1) is 9.96. The van der Waals surface area contributed by atoms with Gasteiger partial charge >= 0.3 is 0 Å². The minimum absolute atomic E-state index is 0.0520. The lowest BCUT2D eigenvalue weighted by molar-refractivity contribution is 0.302. The van der Waals surface area contributed by atoms with Crippen LogP contribution in [-0.4, -0.2) is 28.8 Å². The number of nitrogens with zero attached hydrogens (tertiary/aromatic N) is 3. The van der Waals surface area contributed by atoms with E-state index < -0.39 is 10.0 Å². The Kier molecular flexibility index (Phi) is 3.85. The van der Waals surface area contributed by atoms with Crippen molar-refractivity contribution < 1.29 is 8.42 Å². The maximum atomic E-state index is 12.9. The molecule has 1 aliphatic heterocycles. The normalized spacial score (nSPS) is 19.7. The van der Waals surface area contributed by atoms with Crippen molar-refractivity contribution in [2.45, 2.75) is 30.8 Å². The number of thiophene rings is 1. The summed E-state index contributed by atoms with van der Waals surface area (Å²) in [5, 5.41) is 2.13. The average Bonchev–Trinajstić information content (AvgIpc) is 3.05. The smallest absolute Gasteiger partial charge is 0.264 e. The maximum absolute atomic E-state index is 12.9. The summed E-state index contributed by atoms with van der Waals surface area (Å²) < 4.78 is 28.8. The van der Waals surface area contributed by atoms with E-state index in [9.17, 15) is 8.42 Å². The molecule has 1 atom stereocenters. The Bertz CT molecular complexity index is 766. The third kappa shape index (κ3) is 2.32. The fraction of sp³-hybridized carbons (Fsp3) is 0.462. The topological polar surface area (TPSA) is 55.2 Å². The predicted octanol–water partition coefficient (Wildman–Crippen LogP) is 2.83. The van der Waals surface area contributed by atoms with Crippen molar-refractivity contribution in [2.24, 2.45) is 7.05 Å². The Morgan fingerprint density at radius 2 is 2.29 bits per heavy atom. The van der Waals surface area contributed by atoms with Gasteiger partial charge in [0.1, 0.15) is 5.15 Å². The quantitative estimate of drug-likeness (QED) is 0.859. The highest BCUT2D eigenvalue weighted by molar-refractivity contribution is 7.89. The van der Waals surface area contributed by atoms with Crippen LogP contribution < -0.4 is 0 Å². The Balaban J connectivity index is 2.06. The molecule has 0 radical (unpaired) electrons. The molecule has 0 aromatic carbocycles. The number of sulfonamides is 1. The second kappa shape index (κ2) is 5.39. The number of rotatable bonds is 3. The summed E-state index contributed by atoms with van der Waals surface area (Å²) in [6.07, 6.45) is 2.90. The summed E-state index contributed by atoms with van der Waals surface area (Å²) >= 11 is 7.77. The minimum atomic E-state index is -3.68. The van der Waals surface area contributed by atoms with Crippen LogP contribution in [-0.2, 0) is 23.5 Å². The first-order valence-corrected chi connectivity index (χ1v) is 9.41. The number of imidazole rings is 1. The number of aromatic nitrogens is 2. The molecule has 5 nitrogen and oxygen atoms in total. The molecule has 0 saturated carbocycles. The highest BCUT2D eigenvalue weighted by Gasteiger charge is 2.38. The van der Waals surface area contributed by atoms with Crippen LogP contribution in [0, 0.1) is 0 Å². The van der Waals surface area contributed by atoms with Gasteiger partial charge in [0.25, 0.3) is 10.0 Å². The largest absolute Gasteiger partial charge is 0.324 e. The molecule has 21 heavy (non-hydrogen) atoms. The van der Waals surface area contributed by atoms with Crippen molar-refractivity contribution >= 4 is 33.0 Å². The van der Waals surface area contributed by atoms with Crippen molar-refractivity contribution in [3.63, 3.8) is 0 Å². The lowest BCUT2D eigenvalue weighted by Crippen LogP contribution is -2.39. The minimum Gasteiger partial charge on any atom is -0.324 e. The molecule has 0 fully saturated rings. The number of hydrogen-bond acceptors (Lipinski definition) is 4. The van der Waals surface area contributed by atoms with E-state index in [2.05, 4.69) is 4.98 Å². The standard InChI is InChI=1S/C13H16ClN3O2S2/c1-3-10-9-5-7-20-11(9)4-6-17(10)21(18,19)13-12(14)16(2)8-15-13/h5,7-8,10H,3-4,6H2,1-2H3. The fourth-order valence-electron chi connectivity index (χ4n) is 2.76. The first-order valence-electron chi connectivity index (χ1n) is 6.71. The molecule has 0 saturated heterocycles. The van der Waals surface area contributed by atoms with E-state index in [0.29, 0.717) is 6.54 Å². The van der Waals surface area contributed by atoms with Gasteiger partial charge in [-0.05, 0) is 29.9 Å². The number of hydrogen-bond donors (Lipinski definition) is 0. The molecule has 8 heteroatoms. The number of aryl methyl sites for hydroxylation is 1. The van der Waals surface area contributed by atoms with E-state index >= 15 is 0 Å². The van der Waals surface area contributed by atoms with Gasteiger partial charge in [-0.3, -0.25) is 0 Å². The van der Waals surface area contributed by atoms with Gasteiger partial charge in [-0.25, -0.2) is 13.4 Å². The Morgan fingerprint density at radius 1 is 1.52 bits per heavy atom. The van der Waals surface area contributed by atoms with E-state index in [0.717, 1.165) is 18.4 Å². The highest BCUT2D eigenvalue weighted by atomic mass is 35.5. The third-order valence-electron chi connectivity index (χ3n) is 3.82. The molecule has 1 unspecified atom stereocenters. The second-order valence-corrected chi connectivity index (χ2v) is 8.20. The summed E-state index contributed by atoms with van der Waals surface area (Å²) in [6, 6.07) is 1.89. The van der Waals surface area contributed by atoms with Gasteiger partial charge in [-0.15, -0.1) is 11.3 Å². The zero-order chi connectivity index (χ0) is 15.2. The van der Waals surface area contributed by atoms with E-state index in [4.69, 9.17) is 11.6 Å². The van der Waals surface area contributed by atoms with Crippen LogP contribution in [0.15, 0.2) is 22.8 Å². The summed E-state index contributed by atoms with van der Waals surface area (Å²) in [5.41, 5.74) is 1.12. The molecular formula is C13H16ClN3O2S2. The zero-order valence-electron chi connectivity index (χ0n) is 11.8. The Morgan fingerprint density at radius 3 is 2.90 bits per heavy atom. The van der Waals surface area contributed by atoms with E-state index in [1.54, 1.807) is 18.4 Å². The molecule has 3 rings (SSSR count). The lowest BCUT2D eigenvalue weighted by atomic mass is 10.0. The summed E-state index contributed by atoms with van der Waals surface area (Å²) in [5.74, 6) is 0. The van der Waals surface area contributed by atoms with Crippen LogP contribution in [0.25, 0.3) is 0 Å². The zero-order valence-corrected chi connectivity index (χ0v) is 14.2. The van der Waals surface area contributed by atoms with Crippen LogP contribution in [0.2, 0.25) is 5.15 Å². The van der Waals surface area contributed by atoms with Gasteiger partial charge in [-0.1, -0.05) is 18.5 Å². The number of fused-ring (bicyclic) bond motifs is 1. The van der Waals surface area contributed by atoms with Crippen molar-refractivity contribution in [2.75, 3.05) is 6.54 Å². The van der Waals surface area contributed by atoms with E-state index in [1.165, 1.54) is 20.1 Å². The monoisotopic (exact) mass is 345 g/mol. The fourth-order valence-corrected chi connectivity index (χ4v) is 5.76. The van der Waals surface area contributed by atoms with Crippen molar-refractivity contribution in [1.82, 2.24) is 13.9 Å². The van der Waals surface area contributed by atoms with Gasteiger partial charge in [-0.2, -0.15) is 4.31 Å². The van der Waals surface area contributed by atoms with Crippen molar-refractivity contribution in [1.29, 1.82) is 0 Å². The molecule has 0 amide bonds. The van der Waals surface area contributed by atoms with Crippen molar-refractivity contribution in [3.8, 4) is 0 Å². The summed E-state index contributed by atoms with van der Waals surface area (Å²) in [4.78, 5) is 5.26. The first kappa shape index (κ1) is 15.0. The van der Waals surface area contributed by atoms with E-state index in [1.807, 2.05) is 18.4 Å². The van der Waals surface area contributed by atoms with Crippen LogP contribution in [0.5, 0.6) is 0 Å². The van der Waals surface area contributed by atoms with E-state index in [-0.39, 0.29) is 16.2 Å². The van der Waals surface area contributed by atoms with Crippen LogP contribution in [0.3, 0.4) is 0 Å². The van der Waals surface area contributed by atoms with Crippen LogP contribution in [0.1, 0.15) is 29.8 Å². The highest BCUT2D eigenvalue weighted by Crippen LogP contribution is 2.39. The predicted molar refractivity (Wildman–Crippen MR) is 83.2 cm³/mol. The second-order valence-electron chi connectivity index (χ2n) is 5.04. The molecule has 0 spiro atoms.